The predicted octanol–water partition coefficient (Wildman–Crippen LogP) is 0.744. The van der Waals surface area contributed by atoms with Crippen molar-refractivity contribution in [3.8, 4) is 5.75 Å². The molecular formula is C25H30N2O8. The van der Waals surface area contributed by atoms with E-state index in [1.54, 1.807) is 48.5 Å². The van der Waals surface area contributed by atoms with Crippen LogP contribution in [0.1, 0.15) is 40.0 Å². The third-order valence-electron chi connectivity index (χ3n) is 6.23. The summed E-state index contributed by atoms with van der Waals surface area (Å²) in [4.78, 5) is 26.0. The average molecular weight is 487 g/mol. The molecular weight excluding hydrogens is 456 g/mol. The second kappa shape index (κ2) is 11.1. The maximum atomic E-state index is 12.4. The molecule has 5 atom stereocenters. The molecule has 2 aliphatic rings. The van der Waals surface area contributed by atoms with Crippen LogP contribution in [0.3, 0.4) is 0 Å². The van der Waals surface area contributed by atoms with Gasteiger partial charge in [0.2, 0.25) is 0 Å². The number of aliphatic hydroxyl groups excluding tert-OH is 4. The fourth-order valence-corrected chi connectivity index (χ4v) is 4.21. The lowest BCUT2D eigenvalue weighted by Crippen LogP contribution is -2.60. The van der Waals surface area contributed by atoms with Crippen LogP contribution in [0, 0.1) is 0 Å². The number of nitrogens with one attached hydrogen (secondary N) is 1. The third kappa shape index (κ3) is 5.47. The van der Waals surface area contributed by atoms with Gasteiger partial charge in [-0.05, 0) is 55.7 Å². The molecule has 4 rings (SSSR count). The lowest BCUT2D eigenvalue weighted by atomic mass is 9.98. The van der Waals surface area contributed by atoms with Gasteiger partial charge in [-0.25, -0.2) is 0 Å². The molecule has 2 aromatic carbocycles. The number of anilines is 1. The van der Waals surface area contributed by atoms with Crippen LogP contribution in [0.25, 0.3) is 0 Å². The van der Waals surface area contributed by atoms with Crippen molar-refractivity contribution in [2.45, 2.75) is 49.9 Å². The predicted molar refractivity (Wildman–Crippen MR) is 125 cm³/mol. The van der Waals surface area contributed by atoms with E-state index in [0.29, 0.717) is 42.1 Å². The van der Waals surface area contributed by atoms with Gasteiger partial charge in [0.15, 0.2) is 6.23 Å². The maximum Gasteiger partial charge on any atom is 0.261 e. The van der Waals surface area contributed by atoms with Gasteiger partial charge in [-0.15, -0.1) is 0 Å². The monoisotopic (exact) mass is 486 g/mol. The van der Waals surface area contributed by atoms with Crippen molar-refractivity contribution < 1.29 is 39.5 Å². The van der Waals surface area contributed by atoms with Crippen molar-refractivity contribution in [2.24, 2.45) is 0 Å². The number of hydrogen-bond acceptors (Lipinski definition) is 9. The van der Waals surface area contributed by atoms with Crippen LogP contribution in [0.15, 0.2) is 48.5 Å². The van der Waals surface area contributed by atoms with E-state index in [1.165, 1.54) is 4.90 Å². The Balaban J connectivity index is 1.17. The number of hydrogen-bond donors (Lipinski definition) is 5. The van der Waals surface area contributed by atoms with E-state index in [4.69, 9.17) is 9.47 Å². The maximum absolute atomic E-state index is 12.4. The summed E-state index contributed by atoms with van der Waals surface area (Å²) >= 11 is 0. The summed E-state index contributed by atoms with van der Waals surface area (Å²) in [7, 11) is 0. The van der Waals surface area contributed by atoms with Crippen molar-refractivity contribution in [3.05, 3.63) is 59.7 Å². The molecule has 0 bridgehead atoms. The summed E-state index contributed by atoms with van der Waals surface area (Å²) in [5, 5.41) is 42.1. The lowest BCUT2D eigenvalue weighted by Gasteiger charge is -2.40. The van der Waals surface area contributed by atoms with Gasteiger partial charge in [-0.3, -0.25) is 14.5 Å². The zero-order valence-corrected chi connectivity index (χ0v) is 19.1. The van der Waals surface area contributed by atoms with Crippen LogP contribution >= 0.6 is 0 Å². The first kappa shape index (κ1) is 25.1. The number of aliphatic hydroxyl groups is 4. The fourth-order valence-electron chi connectivity index (χ4n) is 4.21. The highest BCUT2D eigenvalue weighted by Crippen LogP contribution is 2.25. The number of amides is 2. The van der Waals surface area contributed by atoms with Crippen molar-refractivity contribution in [1.82, 2.24) is 4.90 Å². The van der Waals surface area contributed by atoms with Crippen molar-refractivity contribution >= 4 is 17.5 Å². The zero-order chi connectivity index (χ0) is 24.9. The molecule has 2 amide bonds. The Bertz CT molecular complexity index is 993. The molecule has 0 aliphatic carbocycles. The van der Waals surface area contributed by atoms with E-state index < -0.39 is 37.3 Å². The van der Waals surface area contributed by atoms with Crippen LogP contribution in [0.4, 0.5) is 5.69 Å². The summed E-state index contributed by atoms with van der Waals surface area (Å²) < 4.78 is 11.2. The Kier molecular flexibility index (Phi) is 7.99. The van der Waals surface area contributed by atoms with Crippen LogP contribution in [-0.4, -0.2) is 87.5 Å². The number of nitrogens with zero attached hydrogens (tertiary/aromatic N) is 1. The van der Waals surface area contributed by atoms with E-state index in [-0.39, 0.29) is 11.8 Å². The van der Waals surface area contributed by atoms with Gasteiger partial charge in [0.25, 0.3) is 11.8 Å². The molecule has 0 spiro atoms. The minimum atomic E-state index is -1.45. The van der Waals surface area contributed by atoms with Crippen molar-refractivity contribution in [1.29, 1.82) is 0 Å². The van der Waals surface area contributed by atoms with Gasteiger partial charge in [0, 0.05) is 12.2 Å². The van der Waals surface area contributed by atoms with Crippen LogP contribution in [0.5, 0.6) is 5.75 Å². The molecule has 5 N–H and O–H groups in total. The second-order valence-electron chi connectivity index (χ2n) is 8.63. The molecule has 0 aromatic heterocycles. The topological polar surface area (TPSA) is 149 Å². The van der Waals surface area contributed by atoms with E-state index in [0.717, 1.165) is 12.8 Å². The Morgan fingerprint density at radius 3 is 2.14 bits per heavy atom. The van der Waals surface area contributed by atoms with E-state index in [2.05, 4.69) is 5.32 Å². The van der Waals surface area contributed by atoms with Gasteiger partial charge in [0.05, 0.1) is 24.3 Å². The summed E-state index contributed by atoms with van der Waals surface area (Å²) in [6.07, 6.45) is -3.96. The first-order chi connectivity index (χ1) is 16.9. The summed E-state index contributed by atoms with van der Waals surface area (Å²) in [5.74, 6) is 0.170. The first-order valence-electron chi connectivity index (χ1n) is 11.7. The molecule has 35 heavy (non-hydrogen) atoms. The van der Waals surface area contributed by atoms with E-state index in [1.807, 2.05) is 0 Å². The quantitative estimate of drug-likeness (QED) is 0.242. The van der Waals surface area contributed by atoms with Gasteiger partial charge in [-0.1, -0.05) is 12.1 Å². The van der Waals surface area contributed by atoms with Gasteiger partial charge in [-0.2, -0.15) is 0 Å². The lowest BCUT2D eigenvalue weighted by molar-refractivity contribution is -0.221. The highest BCUT2D eigenvalue weighted by molar-refractivity contribution is 6.21. The third-order valence-corrected chi connectivity index (χ3v) is 6.23. The number of rotatable bonds is 10. The fraction of sp³-hybridized carbons (Fsp3) is 0.440. The number of unbranched alkanes of at least 4 members (excludes halogenated alkanes) is 2. The zero-order valence-electron chi connectivity index (χ0n) is 19.1. The summed E-state index contributed by atoms with van der Waals surface area (Å²) in [6, 6.07) is 13.8. The molecule has 0 radical (unpaired) electrons. The van der Waals surface area contributed by atoms with Gasteiger partial charge in [0.1, 0.15) is 30.2 Å². The SMILES string of the molecule is O=C1c2ccccc2C(=O)N1CCCCCOc1ccc(NC2O[C@H](CO)[C@@H](O)[C@H](O)[C@H]2O)cc1. The number of imide groups is 1. The molecule has 10 nitrogen and oxygen atoms in total. The Morgan fingerprint density at radius 2 is 1.51 bits per heavy atom. The van der Waals surface area contributed by atoms with Crippen LogP contribution in [0.2, 0.25) is 0 Å². The van der Waals surface area contributed by atoms with Gasteiger partial charge < -0.3 is 35.2 Å². The highest BCUT2D eigenvalue weighted by atomic mass is 16.6. The Morgan fingerprint density at radius 1 is 0.857 bits per heavy atom. The number of carbonyl (C=O) groups is 2. The van der Waals surface area contributed by atoms with Crippen molar-refractivity contribution in [3.63, 3.8) is 0 Å². The molecule has 0 saturated carbocycles. The Hall–Kier alpha value is -3.02. The second-order valence-corrected chi connectivity index (χ2v) is 8.63. The molecule has 2 aromatic rings. The van der Waals surface area contributed by atoms with Crippen LogP contribution in [-0.2, 0) is 4.74 Å². The number of ether oxygens (including phenoxy) is 2. The van der Waals surface area contributed by atoms with Crippen molar-refractivity contribution in [2.75, 3.05) is 25.1 Å². The number of benzene rings is 2. The minimum Gasteiger partial charge on any atom is -0.494 e. The molecule has 10 heteroatoms. The average Bonchev–Trinajstić information content (AvgIpc) is 3.12. The number of carbonyl (C=O) groups excluding carboxylic acids is 2. The van der Waals surface area contributed by atoms with E-state index >= 15 is 0 Å². The largest absolute Gasteiger partial charge is 0.494 e. The molecule has 2 heterocycles. The van der Waals surface area contributed by atoms with Crippen LogP contribution < -0.4 is 10.1 Å². The first-order valence-corrected chi connectivity index (χ1v) is 11.7. The normalized spacial score (nSPS) is 26.1. The molecule has 188 valence electrons. The highest BCUT2D eigenvalue weighted by Gasteiger charge is 2.43. The molecule has 1 unspecified atom stereocenters. The summed E-state index contributed by atoms with van der Waals surface area (Å²) in [5.41, 5.74) is 1.53. The van der Waals surface area contributed by atoms with Gasteiger partial charge >= 0.3 is 0 Å². The summed E-state index contributed by atoms with van der Waals surface area (Å²) in [6.45, 7) is 0.362. The number of fused-ring (bicyclic) bond motifs is 1. The minimum absolute atomic E-state index is 0.237. The molecule has 1 fully saturated rings. The Labute approximate surface area is 202 Å². The smallest absolute Gasteiger partial charge is 0.261 e. The molecule has 1 saturated heterocycles. The molecule has 2 aliphatic heterocycles. The standard InChI is InChI=1S/C25H30N2O8/c28-14-19-20(29)21(30)22(31)23(35-19)26-15-8-10-16(11-9-15)34-13-5-1-4-12-27-24(32)17-6-2-3-7-18(17)25(27)33/h2-3,6-11,19-23,26,28-31H,1,4-5,12-14H2/t19-,20-,21+,22-,23?/m1/s1. The van der Waals surface area contributed by atoms with E-state index in [9.17, 15) is 30.0 Å².